The van der Waals surface area contributed by atoms with Crippen molar-refractivity contribution in [3.63, 3.8) is 0 Å². The Kier molecular flexibility index (Phi) is 8.85. The number of piperidine rings is 1. The molecular formula is C27H35F3N4O2. The van der Waals surface area contributed by atoms with Crippen molar-refractivity contribution in [2.75, 3.05) is 39.8 Å². The van der Waals surface area contributed by atoms with Crippen LogP contribution in [0.25, 0.3) is 0 Å². The normalized spacial score (nSPS) is 23.5. The van der Waals surface area contributed by atoms with E-state index in [0.29, 0.717) is 38.6 Å². The van der Waals surface area contributed by atoms with E-state index in [4.69, 9.17) is 4.74 Å². The van der Waals surface area contributed by atoms with E-state index in [9.17, 15) is 18.0 Å². The van der Waals surface area contributed by atoms with E-state index in [1.165, 1.54) is 25.0 Å². The van der Waals surface area contributed by atoms with Crippen molar-refractivity contribution in [3.8, 4) is 5.75 Å². The Hall–Kier alpha value is -2.65. The van der Waals surface area contributed by atoms with Gasteiger partial charge in [0.25, 0.3) is 0 Å². The lowest BCUT2D eigenvalue weighted by Gasteiger charge is -2.37. The molecule has 3 atom stereocenters. The number of benzene rings is 1. The van der Waals surface area contributed by atoms with Crippen molar-refractivity contribution >= 4 is 5.91 Å². The largest absolute Gasteiger partial charge is 0.493 e. The van der Waals surface area contributed by atoms with Gasteiger partial charge in [-0.05, 0) is 75.2 Å². The van der Waals surface area contributed by atoms with Crippen molar-refractivity contribution < 1.29 is 22.7 Å². The summed E-state index contributed by atoms with van der Waals surface area (Å²) in [6.07, 6.45) is 3.04. The average Bonchev–Trinajstić information content (AvgIpc) is 3.27. The van der Waals surface area contributed by atoms with Gasteiger partial charge in [-0.3, -0.25) is 14.7 Å². The van der Waals surface area contributed by atoms with E-state index < -0.39 is 11.7 Å². The fourth-order valence-corrected chi connectivity index (χ4v) is 5.32. The molecule has 6 nitrogen and oxygen atoms in total. The molecule has 0 aliphatic carbocycles. The molecule has 2 aliphatic heterocycles. The zero-order chi connectivity index (χ0) is 25.5. The molecule has 2 saturated heterocycles. The molecule has 0 saturated carbocycles. The number of amides is 1. The number of likely N-dealkylation sites (tertiary alicyclic amines) is 2. The molecule has 1 aromatic heterocycles. The van der Waals surface area contributed by atoms with Crippen LogP contribution in [-0.2, 0) is 17.5 Å². The summed E-state index contributed by atoms with van der Waals surface area (Å²) in [5.74, 6) is 0.0563. The van der Waals surface area contributed by atoms with Crippen LogP contribution in [0.3, 0.4) is 0 Å². The van der Waals surface area contributed by atoms with Gasteiger partial charge in [0.2, 0.25) is 5.91 Å². The first-order chi connectivity index (χ1) is 17.3. The molecule has 36 heavy (non-hydrogen) atoms. The number of pyridine rings is 1. The van der Waals surface area contributed by atoms with Crippen LogP contribution in [0.2, 0.25) is 0 Å². The summed E-state index contributed by atoms with van der Waals surface area (Å²) in [6.45, 7) is 4.04. The van der Waals surface area contributed by atoms with Crippen molar-refractivity contribution in [2.45, 2.75) is 44.4 Å². The highest BCUT2D eigenvalue weighted by molar-refractivity contribution is 5.79. The number of halogens is 3. The lowest BCUT2D eigenvalue weighted by Crippen LogP contribution is -2.47. The first-order valence-corrected chi connectivity index (χ1v) is 12.7. The number of hydrogen-bond donors (Lipinski definition) is 1. The molecule has 3 heterocycles. The van der Waals surface area contributed by atoms with Crippen LogP contribution in [0.4, 0.5) is 13.2 Å². The van der Waals surface area contributed by atoms with Crippen LogP contribution in [0.1, 0.15) is 36.8 Å². The Morgan fingerprint density at radius 2 is 2.00 bits per heavy atom. The van der Waals surface area contributed by atoms with E-state index in [0.717, 1.165) is 30.7 Å². The van der Waals surface area contributed by atoms with E-state index in [2.05, 4.69) is 27.1 Å². The number of nitrogens with one attached hydrogen (secondary N) is 1. The highest BCUT2D eigenvalue weighted by atomic mass is 19.4. The van der Waals surface area contributed by atoms with Crippen LogP contribution >= 0.6 is 0 Å². The summed E-state index contributed by atoms with van der Waals surface area (Å²) in [5, 5.41) is 3.13. The molecule has 4 rings (SSSR count). The van der Waals surface area contributed by atoms with Crippen molar-refractivity contribution in [3.05, 3.63) is 59.9 Å². The van der Waals surface area contributed by atoms with Gasteiger partial charge in [0.05, 0.1) is 18.1 Å². The second-order valence-corrected chi connectivity index (χ2v) is 10.0. The minimum Gasteiger partial charge on any atom is -0.493 e. The Morgan fingerprint density at radius 1 is 1.19 bits per heavy atom. The molecule has 1 aromatic carbocycles. The zero-order valence-corrected chi connectivity index (χ0v) is 20.7. The van der Waals surface area contributed by atoms with Crippen molar-refractivity contribution in [2.24, 2.45) is 11.8 Å². The van der Waals surface area contributed by atoms with E-state index in [-0.39, 0.29) is 30.1 Å². The monoisotopic (exact) mass is 504 g/mol. The lowest BCUT2D eigenvalue weighted by atomic mass is 9.88. The summed E-state index contributed by atoms with van der Waals surface area (Å²) in [4.78, 5) is 21.8. The third-order valence-corrected chi connectivity index (χ3v) is 7.23. The van der Waals surface area contributed by atoms with Gasteiger partial charge in [0, 0.05) is 50.5 Å². The summed E-state index contributed by atoms with van der Waals surface area (Å²) in [7, 11) is 2.13. The third kappa shape index (κ3) is 7.43. The van der Waals surface area contributed by atoms with Gasteiger partial charge in [-0.2, -0.15) is 13.2 Å². The maximum absolute atomic E-state index is 13.1. The Morgan fingerprint density at radius 3 is 2.72 bits per heavy atom. The number of alkyl halides is 3. The number of carbonyl (C=O) groups excluding carboxylic acids is 1. The van der Waals surface area contributed by atoms with E-state index in [1.807, 2.05) is 12.1 Å². The minimum absolute atomic E-state index is 0.0202. The van der Waals surface area contributed by atoms with Crippen molar-refractivity contribution in [1.29, 1.82) is 0 Å². The van der Waals surface area contributed by atoms with Gasteiger partial charge < -0.3 is 15.0 Å². The molecule has 0 radical (unpaired) electrons. The molecule has 0 unspecified atom stereocenters. The molecule has 2 aromatic rings. The summed E-state index contributed by atoms with van der Waals surface area (Å²) >= 11 is 0. The third-order valence-electron chi connectivity index (χ3n) is 7.23. The fraction of sp³-hybridized carbons (Fsp3) is 0.556. The van der Waals surface area contributed by atoms with Crippen LogP contribution in [0.15, 0.2) is 48.8 Å². The molecule has 1 amide bonds. The SMILES string of the molecule is CN1CCC[C@@H]1CCNC(=O)[C@@H]1C[C@H](COc2cccc(C(F)(F)F)c2)CN(Cc2ccncc2)C1. The summed E-state index contributed by atoms with van der Waals surface area (Å²) < 4.78 is 45.0. The standard InChI is InChI=1S/C27H35F3N4O2/c1-33-13-3-5-24(33)9-12-32-26(35)22-14-21(17-34(18-22)16-20-7-10-31-11-8-20)19-36-25-6-2-4-23(15-25)27(28,29)30/h2,4,6-8,10-11,15,21-22,24H,3,5,9,12-14,16-19H2,1H3,(H,32,35)/t21-,22+,24+/m0/s1. The first-order valence-electron chi connectivity index (χ1n) is 12.7. The average molecular weight is 505 g/mol. The Balaban J connectivity index is 1.37. The van der Waals surface area contributed by atoms with Crippen LogP contribution in [0, 0.1) is 11.8 Å². The van der Waals surface area contributed by atoms with Gasteiger partial charge >= 0.3 is 6.18 Å². The van der Waals surface area contributed by atoms with Gasteiger partial charge in [-0.15, -0.1) is 0 Å². The van der Waals surface area contributed by atoms with Gasteiger partial charge in [0.15, 0.2) is 0 Å². The molecule has 9 heteroatoms. The van der Waals surface area contributed by atoms with Crippen LogP contribution in [-0.4, -0.2) is 66.6 Å². The predicted molar refractivity (Wildman–Crippen MR) is 131 cm³/mol. The van der Waals surface area contributed by atoms with Crippen LogP contribution in [0.5, 0.6) is 5.75 Å². The maximum Gasteiger partial charge on any atom is 0.416 e. The second-order valence-electron chi connectivity index (χ2n) is 10.0. The summed E-state index contributed by atoms with van der Waals surface area (Å²) in [6, 6.07) is 9.39. The smallest absolute Gasteiger partial charge is 0.416 e. The number of hydrogen-bond acceptors (Lipinski definition) is 5. The van der Waals surface area contributed by atoms with Crippen LogP contribution < -0.4 is 10.1 Å². The van der Waals surface area contributed by atoms with E-state index >= 15 is 0 Å². The topological polar surface area (TPSA) is 57.7 Å². The molecule has 0 bridgehead atoms. The molecular weight excluding hydrogens is 469 g/mol. The molecule has 0 spiro atoms. The number of rotatable bonds is 9. The number of nitrogens with zero attached hydrogens (tertiary/aromatic N) is 3. The number of carbonyl (C=O) groups is 1. The molecule has 1 N–H and O–H groups in total. The highest BCUT2D eigenvalue weighted by Gasteiger charge is 2.33. The molecule has 2 aliphatic rings. The number of aromatic nitrogens is 1. The highest BCUT2D eigenvalue weighted by Crippen LogP contribution is 2.32. The second kappa shape index (κ2) is 12.1. The minimum atomic E-state index is -4.41. The maximum atomic E-state index is 13.1. The van der Waals surface area contributed by atoms with E-state index in [1.54, 1.807) is 12.4 Å². The molecule has 2 fully saturated rings. The van der Waals surface area contributed by atoms with Gasteiger partial charge in [-0.1, -0.05) is 6.07 Å². The summed E-state index contributed by atoms with van der Waals surface area (Å²) in [5.41, 5.74) is 0.376. The predicted octanol–water partition coefficient (Wildman–Crippen LogP) is 4.22. The number of ether oxygens (including phenoxy) is 1. The Labute approximate surface area is 210 Å². The van der Waals surface area contributed by atoms with Crippen molar-refractivity contribution in [1.82, 2.24) is 20.1 Å². The van der Waals surface area contributed by atoms with Gasteiger partial charge in [-0.25, -0.2) is 0 Å². The quantitative estimate of drug-likeness (QED) is 0.554. The lowest BCUT2D eigenvalue weighted by molar-refractivity contribution is -0.137. The van der Waals surface area contributed by atoms with Gasteiger partial charge in [0.1, 0.15) is 5.75 Å². The molecule has 196 valence electrons. The Bertz CT molecular complexity index is 988. The zero-order valence-electron chi connectivity index (χ0n) is 20.7. The fourth-order valence-electron chi connectivity index (χ4n) is 5.32. The first kappa shape index (κ1) is 26.4.